The van der Waals surface area contributed by atoms with Crippen molar-refractivity contribution in [3.05, 3.63) is 76.6 Å². The number of nitrogens with one attached hydrogen (secondary N) is 1. The van der Waals surface area contributed by atoms with Crippen molar-refractivity contribution >= 4 is 5.97 Å². The van der Waals surface area contributed by atoms with Crippen molar-refractivity contribution in [2.45, 2.75) is 13.3 Å². The molecular formula is C20H18N2O3. The summed E-state index contributed by atoms with van der Waals surface area (Å²) in [6, 6.07) is 18.7. The molecule has 3 aromatic rings. The maximum Gasteiger partial charge on any atom is 0.344 e. The number of carbonyl (C=O) groups excluding carboxylic acids is 1. The van der Waals surface area contributed by atoms with E-state index in [0.29, 0.717) is 17.7 Å². The predicted molar refractivity (Wildman–Crippen MR) is 96.3 cm³/mol. The van der Waals surface area contributed by atoms with Gasteiger partial charge < -0.3 is 4.74 Å². The van der Waals surface area contributed by atoms with E-state index in [2.05, 4.69) is 10.2 Å². The van der Waals surface area contributed by atoms with Gasteiger partial charge in [-0.15, -0.1) is 0 Å². The van der Waals surface area contributed by atoms with Gasteiger partial charge in [0.25, 0.3) is 5.56 Å². The standard InChI is InChI=1S/C20H18N2O3/c1-2-13-25-20(24)17-16(14-9-5-3-6-10-14)18(21-22-19(17)23)15-11-7-4-8-12-15/h3-12H,2,13H2,1H3,(H,22,23). The summed E-state index contributed by atoms with van der Waals surface area (Å²) in [5.74, 6) is -0.637. The third-order valence-corrected chi connectivity index (χ3v) is 3.73. The Bertz CT molecular complexity index is 919. The number of hydrogen-bond donors (Lipinski definition) is 1. The van der Waals surface area contributed by atoms with Gasteiger partial charge in [0, 0.05) is 11.1 Å². The monoisotopic (exact) mass is 334 g/mol. The lowest BCUT2D eigenvalue weighted by molar-refractivity contribution is 0.0503. The molecule has 0 amide bonds. The van der Waals surface area contributed by atoms with Gasteiger partial charge in [-0.1, -0.05) is 67.6 Å². The van der Waals surface area contributed by atoms with Crippen molar-refractivity contribution in [1.82, 2.24) is 10.2 Å². The fraction of sp³-hybridized carbons (Fsp3) is 0.150. The van der Waals surface area contributed by atoms with Crippen LogP contribution in [0.1, 0.15) is 23.7 Å². The SMILES string of the molecule is CCCOC(=O)c1c(-c2ccccc2)c(-c2ccccc2)n[nH]c1=O. The average Bonchev–Trinajstić information content (AvgIpc) is 2.67. The normalized spacial score (nSPS) is 10.4. The molecule has 0 bridgehead atoms. The fourth-order valence-corrected chi connectivity index (χ4v) is 2.60. The molecule has 126 valence electrons. The number of esters is 1. The molecule has 3 rings (SSSR count). The summed E-state index contributed by atoms with van der Waals surface area (Å²) in [4.78, 5) is 24.9. The zero-order valence-electron chi connectivity index (χ0n) is 13.9. The third-order valence-electron chi connectivity index (χ3n) is 3.73. The Balaban J connectivity index is 2.27. The van der Waals surface area contributed by atoms with E-state index in [-0.39, 0.29) is 12.2 Å². The van der Waals surface area contributed by atoms with Gasteiger partial charge in [0.2, 0.25) is 0 Å². The van der Waals surface area contributed by atoms with Crippen LogP contribution in [-0.2, 0) is 4.74 Å². The number of rotatable bonds is 5. The molecule has 5 nitrogen and oxygen atoms in total. The summed E-state index contributed by atoms with van der Waals surface area (Å²) in [5.41, 5.74) is 1.99. The minimum atomic E-state index is -0.637. The van der Waals surface area contributed by atoms with Crippen molar-refractivity contribution in [3.63, 3.8) is 0 Å². The van der Waals surface area contributed by atoms with E-state index >= 15 is 0 Å². The van der Waals surface area contributed by atoms with Gasteiger partial charge in [0.15, 0.2) is 0 Å². The third kappa shape index (κ3) is 3.50. The average molecular weight is 334 g/mol. The van der Waals surface area contributed by atoms with Gasteiger partial charge >= 0.3 is 5.97 Å². The number of aromatic nitrogens is 2. The minimum Gasteiger partial charge on any atom is -0.462 e. The minimum absolute atomic E-state index is 0.0199. The highest BCUT2D eigenvalue weighted by molar-refractivity contribution is 6.00. The van der Waals surface area contributed by atoms with Crippen molar-refractivity contribution in [1.29, 1.82) is 0 Å². The Morgan fingerprint density at radius 1 is 1.00 bits per heavy atom. The van der Waals surface area contributed by atoms with Crippen molar-refractivity contribution in [3.8, 4) is 22.4 Å². The Morgan fingerprint density at radius 3 is 2.20 bits per heavy atom. The van der Waals surface area contributed by atoms with Crippen molar-refractivity contribution in [2.24, 2.45) is 0 Å². The molecule has 0 unspecified atom stereocenters. The molecule has 0 radical (unpaired) electrons. The molecule has 5 heteroatoms. The molecule has 0 fully saturated rings. The quantitative estimate of drug-likeness (QED) is 0.723. The summed E-state index contributed by atoms with van der Waals surface area (Å²) in [7, 11) is 0. The van der Waals surface area contributed by atoms with Crippen LogP contribution in [0.4, 0.5) is 0 Å². The number of benzene rings is 2. The molecule has 25 heavy (non-hydrogen) atoms. The van der Waals surface area contributed by atoms with E-state index in [0.717, 1.165) is 11.1 Å². The van der Waals surface area contributed by atoms with Crippen LogP contribution in [-0.4, -0.2) is 22.8 Å². The maximum atomic E-state index is 12.5. The summed E-state index contributed by atoms with van der Waals surface area (Å²) >= 11 is 0. The molecule has 1 aromatic heterocycles. The smallest absolute Gasteiger partial charge is 0.344 e. The molecule has 2 aromatic carbocycles. The maximum absolute atomic E-state index is 12.5. The zero-order chi connectivity index (χ0) is 17.6. The second-order valence-electron chi connectivity index (χ2n) is 5.52. The lowest BCUT2D eigenvalue weighted by Crippen LogP contribution is -2.23. The first kappa shape index (κ1) is 16.6. The first-order valence-corrected chi connectivity index (χ1v) is 8.13. The molecule has 0 aliphatic rings. The number of nitrogens with zero attached hydrogens (tertiary/aromatic N) is 1. The van der Waals surface area contributed by atoms with Crippen LogP contribution >= 0.6 is 0 Å². The molecule has 0 spiro atoms. The first-order chi connectivity index (χ1) is 12.2. The highest BCUT2D eigenvalue weighted by atomic mass is 16.5. The second-order valence-corrected chi connectivity index (χ2v) is 5.52. The lowest BCUT2D eigenvalue weighted by atomic mass is 9.95. The first-order valence-electron chi connectivity index (χ1n) is 8.13. The van der Waals surface area contributed by atoms with Crippen LogP contribution in [0.3, 0.4) is 0 Å². The lowest BCUT2D eigenvalue weighted by Gasteiger charge is -2.13. The summed E-state index contributed by atoms with van der Waals surface area (Å²) < 4.78 is 5.22. The summed E-state index contributed by atoms with van der Waals surface area (Å²) in [5, 5.41) is 6.63. The number of carbonyl (C=O) groups is 1. The van der Waals surface area contributed by atoms with Crippen LogP contribution in [0.25, 0.3) is 22.4 Å². The van der Waals surface area contributed by atoms with Crippen molar-refractivity contribution in [2.75, 3.05) is 6.61 Å². The van der Waals surface area contributed by atoms with Crippen LogP contribution in [0.5, 0.6) is 0 Å². The molecule has 1 heterocycles. The Kier molecular flexibility index (Phi) is 5.04. The van der Waals surface area contributed by atoms with E-state index in [1.807, 2.05) is 67.6 Å². The van der Waals surface area contributed by atoms with Gasteiger partial charge in [-0.3, -0.25) is 4.79 Å². The highest BCUT2D eigenvalue weighted by Crippen LogP contribution is 2.31. The molecule has 0 saturated heterocycles. The Labute approximate surface area is 145 Å². The van der Waals surface area contributed by atoms with E-state index in [9.17, 15) is 9.59 Å². The second kappa shape index (κ2) is 7.57. The van der Waals surface area contributed by atoms with E-state index in [4.69, 9.17) is 4.74 Å². The molecular weight excluding hydrogens is 316 g/mol. The van der Waals surface area contributed by atoms with Crippen LogP contribution in [0, 0.1) is 0 Å². The predicted octanol–water partition coefficient (Wildman–Crippen LogP) is 3.67. The van der Waals surface area contributed by atoms with E-state index in [1.165, 1.54) is 0 Å². The van der Waals surface area contributed by atoms with E-state index < -0.39 is 11.5 Å². The molecule has 0 aliphatic carbocycles. The largest absolute Gasteiger partial charge is 0.462 e. The van der Waals surface area contributed by atoms with Gasteiger partial charge in [-0.05, 0) is 12.0 Å². The molecule has 0 saturated carbocycles. The van der Waals surface area contributed by atoms with Gasteiger partial charge in [0.1, 0.15) is 5.56 Å². The number of ether oxygens (including phenoxy) is 1. The zero-order valence-corrected chi connectivity index (χ0v) is 13.9. The Morgan fingerprint density at radius 2 is 1.60 bits per heavy atom. The summed E-state index contributed by atoms with van der Waals surface area (Å²) in [6.45, 7) is 2.16. The molecule has 1 N–H and O–H groups in total. The van der Waals surface area contributed by atoms with Gasteiger partial charge in [-0.2, -0.15) is 5.10 Å². The van der Waals surface area contributed by atoms with Crippen molar-refractivity contribution < 1.29 is 9.53 Å². The number of H-pyrrole nitrogens is 1. The fourth-order valence-electron chi connectivity index (χ4n) is 2.60. The highest BCUT2D eigenvalue weighted by Gasteiger charge is 2.23. The van der Waals surface area contributed by atoms with Crippen LogP contribution in [0.2, 0.25) is 0 Å². The Hall–Kier alpha value is -3.21. The number of aromatic amines is 1. The molecule has 0 atom stereocenters. The summed E-state index contributed by atoms with van der Waals surface area (Å²) in [6.07, 6.45) is 0.681. The van der Waals surface area contributed by atoms with Crippen LogP contribution < -0.4 is 5.56 Å². The van der Waals surface area contributed by atoms with E-state index in [1.54, 1.807) is 0 Å². The van der Waals surface area contributed by atoms with Gasteiger partial charge in [0.05, 0.1) is 12.3 Å². The topological polar surface area (TPSA) is 72.0 Å². The van der Waals surface area contributed by atoms with Crippen LogP contribution in [0.15, 0.2) is 65.5 Å². The molecule has 0 aliphatic heterocycles. The number of hydrogen-bond acceptors (Lipinski definition) is 4. The van der Waals surface area contributed by atoms with Gasteiger partial charge in [-0.25, -0.2) is 9.89 Å².